The number of rotatable bonds is 9. The van der Waals surface area contributed by atoms with Crippen LogP contribution in [-0.4, -0.2) is 10.9 Å². The lowest BCUT2D eigenvalue weighted by atomic mass is 10.0. The fraction of sp³-hybridized carbons (Fsp3) is 0.444. The monoisotopic (exact) mass is 284 g/mol. The zero-order valence-corrected chi connectivity index (χ0v) is 12.6. The number of carbonyl (C=O) groups excluding carboxylic acids is 1. The fourth-order valence-electron chi connectivity index (χ4n) is 2.59. The van der Waals surface area contributed by atoms with Gasteiger partial charge in [0.1, 0.15) is 0 Å². The van der Waals surface area contributed by atoms with Crippen LogP contribution in [-0.2, 0) is 11.2 Å². The van der Waals surface area contributed by atoms with E-state index in [1.165, 1.54) is 36.6 Å². The quantitative estimate of drug-likeness (QED) is 0.708. The predicted octanol–water partition coefficient (Wildman–Crippen LogP) is 3.99. The van der Waals surface area contributed by atoms with E-state index in [1.54, 1.807) is 0 Å². The first-order valence-electron chi connectivity index (χ1n) is 7.88. The summed E-state index contributed by atoms with van der Waals surface area (Å²) in [7, 11) is 0. The zero-order valence-electron chi connectivity index (χ0n) is 12.6. The predicted molar refractivity (Wildman–Crippen MR) is 87.0 cm³/mol. The van der Waals surface area contributed by atoms with E-state index in [0.29, 0.717) is 6.42 Å². The average molecular weight is 284 g/mol. The number of unbranched alkanes of at least 4 members (excludes halogenated alkanes) is 5. The average Bonchev–Trinajstić information content (AvgIpc) is 2.49. The Labute approximate surface area is 126 Å². The zero-order chi connectivity index (χ0) is 14.9. The lowest BCUT2D eigenvalue weighted by Crippen LogP contribution is -2.09. The first-order valence-corrected chi connectivity index (χ1v) is 7.88. The molecule has 0 aliphatic heterocycles. The minimum Gasteiger partial charge on any atom is -0.370 e. The Bertz CT molecular complexity index is 580. The van der Waals surface area contributed by atoms with Crippen LogP contribution in [0.2, 0.25) is 0 Å². The highest BCUT2D eigenvalue weighted by Gasteiger charge is 1.99. The minimum absolute atomic E-state index is 0.182. The first kappa shape index (κ1) is 15.5. The van der Waals surface area contributed by atoms with Crippen LogP contribution >= 0.6 is 0 Å². The van der Waals surface area contributed by atoms with E-state index in [9.17, 15) is 4.79 Å². The number of aryl methyl sites for hydroxylation is 1. The van der Waals surface area contributed by atoms with Crippen LogP contribution in [0.3, 0.4) is 0 Å². The van der Waals surface area contributed by atoms with Gasteiger partial charge in [0, 0.05) is 18.0 Å². The van der Waals surface area contributed by atoms with Crippen molar-refractivity contribution in [1.29, 1.82) is 0 Å². The molecule has 112 valence electrons. The highest BCUT2D eigenvalue weighted by atomic mass is 16.1. The molecular formula is C18H24N2O. The number of hydrogen-bond acceptors (Lipinski definition) is 2. The van der Waals surface area contributed by atoms with Gasteiger partial charge in [0.05, 0.1) is 5.52 Å². The van der Waals surface area contributed by atoms with E-state index >= 15 is 0 Å². The van der Waals surface area contributed by atoms with E-state index in [0.717, 1.165) is 24.8 Å². The summed E-state index contributed by atoms with van der Waals surface area (Å²) in [4.78, 5) is 15.1. The molecule has 0 atom stereocenters. The van der Waals surface area contributed by atoms with Gasteiger partial charge in [-0.3, -0.25) is 9.78 Å². The smallest absolute Gasteiger partial charge is 0.217 e. The molecule has 0 unspecified atom stereocenters. The van der Waals surface area contributed by atoms with Crippen molar-refractivity contribution in [2.75, 3.05) is 0 Å². The van der Waals surface area contributed by atoms with Crippen molar-refractivity contribution in [2.45, 2.75) is 51.4 Å². The third-order valence-corrected chi connectivity index (χ3v) is 3.79. The molecule has 1 aromatic heterocycles. The van der Waals surface area contributed by atoms with Gasteiger partial charge in [0.25, 0.3) is 0 Å². The number of aromatic nitrogens is 1. The molecule has 2 aromatic rings. The maximum absolute atomic E-state index is 10.6. The number of nitrogens with zero attached hydrogens (tertiary/aromatic N) is 1. The molecule has 21 heavy (non-hydrogen) atoms. The lowest BCUT2D eigenvalue weighted by Gasteiger charge is -2.04. The Hall–Kier alpha value is -1.90. The van der Waals surface area contributed by atoms with Crippen molar-refractivity contribution in [3.05, 3.63) is 42.1 Å². The number of hydrogen-bond donors (Lipinski definition) is 1. The van der Waals surface area contributed by atoms with Crippen molar-refractivity contribution >= 4 is 16.8 Å². The largest absolute Gasteiger partial charge is 0.370 e. The number of pyridine rings is 1. The van der Waals surface area contributed by atoms with Crippen LogP contribution in [0.4, 0.5) is 0 Å². The van der Waals surface area contributed by atoms with Crippen molar-refractivity contribution in [3.63, 3.8) is 0 Å². The summed E-state index contributed by atoms with van der Waals surface area (Å²) in [6.45, 7) is 0. The van der Waals surface area contributed by atoms with E-state index in [1.807, 2.05) is 18.3 Å². The maximum atomic E-state index is 10.6. The standard InChI is InChI=1S/C18H24N2O/c19-18(21)12-6-4-2-1-3-5-9-15-13-16-10-7-8-11-17(16)20-14-15/h7-8,10-11,13-14H,1-6,9,12H2,(H2,19,21). The van der Waals surface area contributed by atoms with Crippen LogP contribution < -0.4 is 5.73 Å². The highest BCUT2D eigenvalue weighted by molar-refractivity contribution is 5.78. The van der Waals surface area contributed by atoms with Crippen LogP contribution in [0.1, 0.15) is 50.5 Å². The number of benzene rings is 1. The van der Waals surface area contributed by atoms with Gasteiger partial charge < -0.3 is 5.73 Å². The van der Waals surface area contributed by atoms with Crippen LogP contribution in [0.25, 0.3) is 10.9 Å². The van der Waals surface area contributed by atoms with Gasteiger partial charge >= 0.3 is 0 Å². The summed E-state index contributed by atoms with van der Waals surface area (Å²) >= 11 is 0. The number of para-hydroxylation sites is 1. The summed E-state index contributed by atoms with van der Waals surface area (Å²) in [5.41, 5.74) is 7.50. The lowest BCUT2D eigenvalue weighted by molar-refractivity contribution is -0.118. The first-order chi connectivity index (χ1) is 10.3. The van der Waals surface area contributed by atoms with Crippen LogP contribution in [0, 0.1) is 0 Å². The molecule has 2 N–H and O–H groups in total. The molecule has 0 saturated heterocycles. The summed E-state index contributed by atoms with van der Waals surface area (Å²) in [5, 5.41) is 1.22. The van der Waals surface area contributed by atoms with E-state index in [-0.39, 0.29) is 5.91 Å². The molecule has 3 nitrogen and oxygen atoms in total. The molecule has 0 bridgehead atoms. The van der Waals surface area contributed by atoms with Gasteiger partial charge in [-0.05, 0) is 37.0 Å². The third-order valence-electron chi connectivity index (χ3n) is 3.79. The van der Waals surface area contributed by atoms with Crippen LogP contribution in [0.5, 0.6) is 0 Å². The number of amides is 1. The van der Waals surface area contributed by atoms with Gasteiger partial charge in [0.2, 0.25) is 5.91 Å². The molecule has 1 aromatic carbocycles. The van der Waals surface area contributed by atoms with Crippen molar-refractivity contribution in [2.24, 2.45) is 5.73 Å². The molecule has 0 aliphatic carbocycles. The molecule has 0 aliphatic rings. The van der Waals surface area contributed by atoms with Gasteiger partial charge in [-0.1, -0.05) is 43.9 Å². The topological polar surface area (TPSA) is 56.0 Å². The molecule has 3 heteroatoms. The molecule has 2 rings (SSSR count). The molecule has 0 radical (unpaired) electrons. The Morgan fingerprint density at radius 1 is 1.00 bits per heavy atom. The third kappa shape index (κ3) is 5.54. The number of carbonyl (C=O) groups is 1. The second-order valence-corrected chi connectivity index (χ2v) is 5.62. The van der Waals surface area contributed by atoms with E-state index < -0.39 is 0 Å². The van der Waals surface area contributed by atoms with Crippen LogP contribution in [0.15, 0.2) is 36.5 Å². The van der Waals surface area contributed by atoms with Gasteiger partial charge in [-0.2, -0.15) is 0 Å². The molecule has 1 amide bonds. The van der Waals surface area contributed by atoms with E-state index in [4.69, 9.17) is 5.73 Å². The molecule has 0 fully saturated rings. The van der Waals surface area contributed by atoms with Gasteiger partial charge in [0.15, 0.2) is 0 Å². The van der Waals surface area contributed by atoms with Gasteiger partial charge in [-0.25, -0.2) is 0 Å². The molecular weight excluding hydrogens is 260 g/mol. The Morgan fingerprint density at radius 3 is 2.52 bits per heavy atom. The minimum atomic E-state index is -0.182. The number of primary amides is 1. The van der Waals surface area contributed by atoms with E-state index in [2.05, 4.69) is 23.2 Å². The Balaban J connectivity index is 1.62. The van der Waals surface area contributed by atoms with Gasteiger partial charge in [-0.15, -0.1) is 0 Å². The summed E-state index contributed by atoms with van der Waals surface area (Å²) < 4.78 is 0. The Morgan fingerprint density at radius 2 is 1.71 bits per heavy atom. The molecule has 0 spiro atoms. The Kier molecular flexibility index (Phi) is 6.20. The fourth-order valence-corrected chi connectivity index (χ4v) is 2.59. The molecule has 0 saturated carbocycles. The maximum Gasteiger partial charge on any atom is 0.217 e. The summed E-state index contributed by atoms with van der Waals surface area (Å²) in [5.74, 6) is -0.182. The van der Waals surface area contributed by atoms with Crippen molar-refractivity contribution < 1.29 is 4.79 Å². The number of fused-ring (bicyclic) bond motifs is 1. The SMILES string of the molecule is NC(=O)CCCCCCCCc1cnc2ccccc2c1. The summed E-state index contributed by atoms with van der Waals surface area (Å²) in [6, 6.07) is 10.5. The second-order valence-electron chi connectivity index (χ2n) is 5.62. The number of nitrogens with two attached hydrogens (primary N) is 1. The second kappa shape index (κ2) is 8.40. The summed E-state index contributed by atoms with van der Waals surface area (Å²) in [6.07, 6.45) is 10.5. The van der Waals surface area contributed by atoms with Crippen molar-refractivity contribution in [1.82, 2.24) is 4.98 Å². The molecule has 1 heterocycles. The van der Waals surface area contributed by atoms with Crippen molar-refractivity contribution in [3.8, 4) is 0 Å². The highest BCUT2D eigenvalue weighted by Crippen LogP contribution is 2.15. The normalized spacial score (nSPS) is 10.9.